The second-order valence-corrected chi connectivity index (χ2v) is 12.7. The van der Waals surface area contributed by atoms with Gasteiger partial charge in [-0.25, -0.2) is 9.59 Å². The molecule has 45 heavy (non-hydrogen) atoms. The van der Waals surface area contributed by atoms with Crippen LogP contribution in [0, 0.1) is 0 Å². The highest BCUT2D eigenvalue weighted by Gasteiger charge is 2.31. The normalized spacial score (nSPS) is 13.4. The molecule has 0 saturated carbocycles. The van der Waals surface area contributed by atoms with Crippen molar-refractivity contribution in [3.05, 3.63) is 35.9 Å². The van der Waals surface area contributed by atoms with E-state index in [2.05, 4.69) is 21.3 Å². The molecule has 13 nitrogen and oxygen atoms in total. The van der Waals surface area contributed by atoms with E-state index in [0.29, 0.717) is 25.8 Å². The Hall–Kier alpha value is -3.87. The number of rotatable bonds is 17. The molecule has 1 aromatic carbocycles. The number of hydrogen-bond acceptors (Lipinski definition) is 9. The van der Waals surface area contributed by atoms with Crippen LogP contribution in [0.2, 0.25) is 0 Å². The van der Waals surface area contributed by atoms with Gasteiger partial charge in [0.1, 0.15) is 23.9 Å². The van der Waals surface area contributed by atoms with E-state index in [1.54, 1.807) is 65.8 Å². The summed E-state index contributed by atoms with van der Waals surface area (Å²) >= 11 is 0. The fraction of sp³-hybridized carbons (Fsp3) is 0.656. The predicted molar refractivity (Wildman–Crippen MR) is 168 cm³/mol. The van der Waals surface area contributed by atoms with Crippen molar-refractivity contribution in [2.24, 2.45) is 0 Å². The molecule has 1 unspecified atom stereocenters. The average Bonchev–Trinajstić information content (AvgIpc) is 2.94. The summed E-state index contributed by atoms with van der Waals surface area (Å²) < 4.78 is 15.8. The Morgan fingerprint density at radius 3 is 2.02 bits per heavy atom. The Bertz CT molecular complexity index is 1080. The van der Waals surface area contributed by atoms with Crippen LogP contribution in [-0.2, 0) is 35.2 Å². The van der Waals surface area contributed by atoms with Crippen molar-refractivity contribution in [3.8, 4) is 0 Å². The van der Waals surface area contributed by atoms with Crippen LogP contribution in [0.5, 0.6) is 0 Å². The Morgan fingerprint density at radius 1 is 0.778 bits per heavy atom. The molecule has 0 radical (unpaired) electrons. The van der Waals surface area contributed by atoms with Crippen LogP contribution in [0.25, 0.3) is 0 Å². The van der Waals surface area contributed by atoms with Gasteiger partial charge in [-0.1, -0.05) is 37.3 Å². The van der Waals surface area contributed by atoms with Crippen molar-refractivity contribution < 1.29 is 43.3 Å². The maximum absolute atomic E-state index is 13.5. The molecule has 0 bridgehead atoms. The van der Waals surface area contributed by atoms with Crippen LogP contribution in [0.3, 0.4) is 0 Å². The van der Waals surface area contributed by atoms with Gasteiger partial charge in [-0.2, -0.15) is 0 Å². The third-order valence-corrected chi connectivity index (χ3v) is 6.02. The number of nitrogens with one attached hydrogen (secondary N) is 4. The van der Waals surface area contributed by atoms with E-state index in [0.717, 1.165) is 5.56 Å². The van der Waals surface area contributed by atoms with E-state index in [9.17, 15) is 29.1 Å². The Balaban J connectivity index is 2.96. The number of alkyl carbamates (subject to hydrolysis) is 2. The van der Waals surface area contributed by atoms with Crippen molar-refractivity contribution in [2.45, 2.75) is 123 Å². The monoisotopic (exact) mass is 636 g/mol. The average molecular weight is 637 g/mol. The minimum Gasteiger partial charge on any atom is -0.460 e. The number of carbonyl (C=O) groups is 5. The fourth-order valence-electron chi connectivity index (χ4n) is 3.95. The van der Waals surface area contributed by atoms with Crippen molar-refractivity contribution >= 4 is 30.0 Å². The fourth-order valence-corrected chi connectivity index (χ4v) is 3.95. The Morgan fingerprint density at radius 2 is 1.42 bits per heavy atom. The molecule has 0 fully saturated rings. The summed E-state index contributed by atoms with van der Waals surface area (Å²) in [6, 6.07) is 6.71. The van der Waals surface area contributed by atoms with Crippen molar-refractivity contribution in [1.82, 2.24) is 21.3 Å². The van der Waals surface area contributed by atoms with Gasteiger partial charge < -0.3 is 40.6 Å². The summed E-state index contributed by atoms with van der Waals surface area (Å²) in [7, 11) is 0. The van der Waals surface area contributed by atoms with Crippen LogP contribution < -0.4 is 21.3 Å². The SMILES string of the molecule is CCCNC(=O)C(O)[C@H](CCCCNC(=O)OC(C)(C)C)NC(=O)[C@H](CCC(=O)OC(C)(C)C)NC(=O)OCc1ccccc1. The zero-order chi connectivity index (χ0) is 34.0. The van der Waals surface area contributed by atoms with Crippen LogP contribution >= 0.6 is 0 Å². The predicted octanol–water partition coefficient (Wildman–Crippen LogP) is 3.47. The number of carbonyl (C=O) groups excluding carboxylic acids is 5. The van der Waals surface area contributed by atoms with E-state index in [1.165, 1.54) is 0 Å². The standard InChI is InChI=1S/C32H52N4O9/c1-8-19-33-28(40)26(38)23(16-12-13-20-34-29(41)45-32(5,6)7)35-27(39)24(17-18-25(37)44-31(2,3)4)36-30(42)43-21-22-14-10-9-11-15-22/h9-11,14-15,23-24,26,38H,8,12-13,16-21H2,1-7H3,(H,33,40)(H,34,41)(H,35,39)(H,36,42)/t23-,24-,26?/m0/s1. The van der Waals surface area contributed by atoms with Gasteiger partial charge in [-0.15, -0.1) is 0 Å². The van der Waals surface area contributed by atoms with Gasteiger partial charge in [-0.3, -0.25) is 14.4 Å². The number of benzene rings is 1. The first kappa shape index (κ1) is 39.2. The number of hydrogen-bond donors (Lipinski definition) is 5. The lowest BCUT2D eigenvalue weighted by atomic mass is 10.0. The molecule has 1 aromatic rings. The Kier molecular flexibility index (Phi) is 17.0. The highest BCUT2D eigenvalue weighted by atomic mass is 16.6. The first-order valence-corrected chi connectivity index (χ1v) is 15.4. The molecular weight excluding hydrogens is 584 g/mol. The summed E-state index contributed by atoms with van der Waals surface area (Å²) in [5.74, 6) is -1.93. The summed E-state index contributed by atoms with van der Waals surface area (Å²) in [5, 5.41) is 21.3. The zero-order valence-corrected chi connectivity index (χ0v) is 27.7. The smallest absolute Gasteiger partial charge is 0.408 e. The molecule has 0 spiro atoms. The number of aliphatic hydroxyl groups excluding tert-OH is 1. The molecule has 13 heteroatoms. The van der Waals surface area contributed by atoms with Crippen LogP contribution in [0.4, 0.5) is 9.59 Å². The molecule has 0 aromatic heterocycles. The molecule has 3 atom stereocenters. The van der Waals surface area contributed by atoms with Crippen molar-refractivity contribution in [3.63, 3.8) is 0 Å². The molecular formula is C32H52N4O9. The lowest BCUT2D eigenvalue weighted by molar-refractivity contribution is -0.155. The maximum atomic E-state index is 13.5. The van der Waals surface area contributed by atoms with Crippen LogP contribution in [0.1, 0.15) is 92.6 Å². The third kappa shape index (κ3) is 18.5. The zero-order valence-electron chi connectivity index (χ0n) is 27.7. The molecule has 0 saturated heterocycles. The van der Waals surface area contributed by atoms with Crippen molar-refractivity contribution in [1.29, 1.82) is 0 Å². The topological polar surface area (TPSA) is 181 Å². The quantitative estimate of drug-likeness (QED) is 0.0972. The number of esters is 1. The first-order valence-electron chi connectivity index (χ1n) is 15.4. The Labute approximate surface area is 266 Å². The molecule has 0 aliphatic heterocycles. The molecule has 0 aliphatic carbocycles. The highest BCUT2D eigenvalue weighted by Crippen LogP contribution is 2.13. The summed E-state index contributed by atoms with van der Waals surface area (Å²) in [4.78, 5) is 63.0. The van der Waals surface area contributed by atoms with E-state index in [-0.39, 0.29) is 32.4 Å². The number of amides is 4. The highest BCUT2D eigenvalue weighted by molar-refractivity contribution is 5.88. The van der Waals surface area contributed by atoms with Crippen molar-refractivity contribution in [2.75, 3.05) is 13.1 Å². The maximum Gasteiger partial charge on any atom is 0.408 e. The molecule has 1 rings (SSSR count). The largest absolute Gasteiger partial charge is 0.460 e. The van der Waals surface area contributed by atoms with E-state index in [1.807, 2.05) is 13.0 Å². The third-order valence-electron chi connectivity index (χ3n) is 6.02. The second-order valence-electron chi connectivity index (χ2n) is 12.7. The van der Waals surface area contributed by atoms with Gasteiger partial charge >= 0.3 is 18.2 Å². The van der Waals surface area contributed by atoms with Crippen LogP contribution in [-0.4, -0.2) is 77.6 Å². The number of ether oxygens (including phenoxy) is 3. The summed E-state index contributed by atoms with van der Waals surface area (Å²) in [6.07, 6.45) is -1.61. The second kappa shape index (κ2) is 19.5. The van der Waals surface area contributed by atoms with E-state index < -0.39 is 59.4 Å². The minimum absolute atomic E-state index is 0.0383. The molecule has 254 valence electrons. The summed E-state index contributed by atoms with van der Waals surface area (Å²) in [6.45, 7) is 12.8. The van der Waals surface area contributed by atoms with Gasteiger partial charge in [0.2, 0.25) is 5.91 Å². The van der Waals surface area contributed by atoms with Crippen LogP contribution in [0.15, 0.2) is 30.3 Å². The van der Waals surface area contributed by atoms with Gasteiger partial charge in [-0.05, 0) is 79.2 Å². The molecule has 0 heterocycles. The summed E-state index contributed by atoms with van der Waals surface area (Å²) in [5.41, 5.74) is -0.641. The number of aliphatic hydroxyl groups is 1. The van der Waals surface area contributed by atoms with E-state index in [4.69, 9.17) is 14.2 Å². The lowest BCUT2D eigenvalue weighted by Crippen LogP contribution is -2.55. The number of unbranched alkanes of at least 4 members (excludes halogenated alkanes) is 1. The van der Waals surface area contributed by atoms with Gasteiger partial charge in [0, 0.05) is 19.5 Å². The van der Waals surface area contributed by atoms with Gasteiger partial charge in [0.15, 0.2) is 6.10 Å². The minimum atomic E-state index is -1.59. The molecule has 4 amide bonds. The first-order chi connectivity index (χ1) is 21.0. The van der Waals surface area contributed by atoms with Gasteiger partial charge in [0.25, 0.3) is 5.91 Å². The van der Waals surface area contributed by atoms with Gasteiger partial charge in [0.05, 0.1) is 6.04 Å². The lowest BCUT2D eigenvalue weighted by Gasteiger charge is -2.27. The molecule has 5 N–H and O–H groups in total. The van der Waals surface area contributed by atoms with E-state index >= 15 is 0 Å². The molecule has 0 aliphatic rings.